The molecule has 1 aliphatic carbocycles. The molecule has 3 aromatic rings. The first-order valence-corrected chi connectivity index (χ1v) is 6.33. The van der Waals surface area contributed by atoms with E-state index in [9.17, 15) is 4.79 Å². The summed E-state index contributed by atoms with van der Waals surface area (Å²) in [5.41, 5.74) is 3.67. The number of nitrogens with zero attached hydrogens (tertiary/aromatic N) is 3. The van der Waals surface area contributed by atoms with E-state index in [1.54, 1.807) is 6.20 Å². The molecular formula is C14H12N4O. The van der Waals surface area contributed by atoms with Crippen molar-refractivity contribution >= 4 is 11.0 Å². The van der Waals surface area contributed by atoms with Gasteiger partial charge in [0, 0.05) is 17.8 Å². The van der Waals surface area contributed by atoms with Gasteiger partial charge in [0.15, 0.2) is 0 Å². The number of imidazole rings is 1. The SMILES string of the molecule is O=c1[nH]c2cc(-c3ccncn3)ccc2n1C1CC1. The Hall–Kier alpha value is -2.43. The number of hydrogen-bond donors (Lipinski definition) is 1. The van der Waals surface area contributed by atoms with Crippen LogP contribution in [0.2, 0.25) is 0 Å². The van der Waals surface area contributed by atoms with Gasteiger partial charge in [0.25, 0.3) is 0 Å². The van der Waals surface area contributed by atoms with Crippen molar-refractivity contribution in [1.82, 2.24) is 19.5 Å². The highest BCUT2D eigenvalue weighted by Gasteiger charge is 2.27. The van der Waals surface area contributed by atoms with Gasteiger partial charge in [-0.15, -0.1) is 0 Å². The first kappa shape index (κ1) is 10.5. The number of hydrogen-bond acceptors (Lipinski definition) is 3. The fourth-order valence-electron chi connectivity index (χ4n) is 2.45. The van der Waals surface area contributed by atoms with E-state index in [4.69, 9.17) is 0 Å². The molecule has 1 aliphatic rings. The summed E-state index contributed by atoms with van der Waals surface area (Å²) in [5.74, 6) is 0. The molecule has 4 rings (SSSR count). The van der Waals surface area contributed by atoms with E-state index >= 15 is 0 Å². The first-order chi connectivity index (χ1) is 9.33. The topological polar surface area (TPSA) is 63.6 Å². The Morgan fingerprint density at radius 2 is 2.16 bits per heavy atom. The van der Waals surface area contributed by atoms with Gasteiger partial charge in [0.1, 0.15) is 6.33 Å². The van der Waals surface area contributed by atoms with Crippen LogP contribution in [-0.2, 0) is 0 Å². The average molecular weight is 252 g/mol. The summed E-state index contributed by atoms with van der Waals surface area (Å²) in [6.07, 6.45) is 5.43. The smallest absolute Gasteiger partial charge is 0.306 e. The molecule has 5 heteroatoms. The number of nitrogens with one attached hydrogen (secondary N) is 1. The van der Waals surface area contributed by atoms with Crippen LogP contribution < -0.4 is 5.69 Å². The number of benzene rings is 1. The van der Waals surface area contributed by atoms with Crippen molar-refractivity contribution in [3.05, 3.63) is 47.3 Å². The van der Waals surface area contributed by atoms with Crippen molar-refractivity contribution in [3.63, 3.8) is 0 Å². The number of H-pyrrole nitrogens is 1. The highest BCUT2D eigenvalue weighted by Crippen LogP contribution is 2.36. The van der Waals surface area contributed by atoms with Crippen molar-refractivity contribution in [3.8, 4) is 11.3 Å². The third-order valence-corrected chi connectivity index (χ3v) is 3.51. The van der Waals surface area contributed by atoms with E-state index in [-0.39, 0.29) is 5.69 Å². The molecule has 0 atom stereocenters. The quantitative estimate of drug-likeness (QED) is 0.759. The minimum Gasteiger partial charge on any atom is -0.306 e. The van der Waals surface area contributed by atoms with Crippen LogP contribution in [0, 0.1) is 0 Å². The molecule has 2 heterocycles. The van der Waals surface area contributed by atoms with E-state index in [1.807, 2.05) is 28.8 Å². The Kier molecular flexibility index (Phi) is 2.09. The second-order valence-corrected chi connectivity index (χ2v) is 4.86. The van der Waals surface area contributed by atoms with E-state index in [0.717, 1.165) is 35.1 Å². The molecule has 2 aromatic heterocycles. The number of fused-ring (bicyclic) bond motifs is 1. The molecule has 1 saturated carbocycles. The molecule has 0 aliphatic heterocycles. The third-order valence-electron chi connectivity index (χ3n) is 3.51. The summed E-state index contributed by atoms with van der Waals surface area (Å²) in [7, 11) is 0. The van der Waals surface area contributed by atoms with E-state index in [0.29, 0.717) is 6.04 Å². The second kappa shape index (κ2) is 3.78. The van der Waals surface area contributed by atoms with Crippen molar-refractivity contribution in [2.24, 2.45) is 0 Å². The van der Waals surface area contributed by atoms with Gasteiger partial charge in [-0.3, -0.25) is 4.57 Å². The molecule has 0 saturated heterocycles. The Balaban J connectivity index is 1.91. The van der Waals surface area contributed by atoms with Crippen LogP contribution >= 0.6 is 0 Å². The highest BCUT2D eigenvalue weighted by molar-refractivity contribution is 5.81. The number of aromatic amines is 1. The Morgan fingerprint density at radius 3 is 2.89 bits per heavy atom. The van der Waals surface area contributed by atoms with Gasteiger partial charge in [-0.25, -0.2) is 14.8 Å². The van der Waals surface area contributed by atoms with E-state index < -0.39 is 0 Å². The zero-order chi connectivity index (χ0) is 12.8. The third kappa shape index (κ3) is 1.66. The van der Waals surface area contributed by atoms with Gasteiger partial charge in [0.2, 0.25) is 0 Å². The predicted molar refractivity (Wildman–Crippen MR) is 71.9 cm³/mol. The van der Waals surface area contributed by atoms with Gasteiger partial charge in [-0.05, 0) is 31.0 Å². The lowest BCUT2D eigenvalue weighted by molar-refractivity contribution is 0.733. The van der Waals surface area contributed by atoms with Crippen LogP contribution in [0.1, 0.15) is 18.9 Å². The van der Waals surface area contributed by atoms with E-state index in [1.165, 1.54) is 6.33 Å². The minimum absolute atomic E-state index is 0.0164. The Morgan fingerprint density at radius 1 is 1.26 bits per heavy atom. The lowest BCUT2D eigenvalue weighted by Gasteiger charge is -2.02. The molecule has 0 unspecified atom stereocenters. The molecule has 1 fully saturated rings. The van der Waals surface area contributed by atoms with Gasteiger partial charge >= 0.3 is 5.69 Å². The molecule has 0 spiro atoms. The maximum atomic E-state index is 11.9. The summed E-state index contributed by atoms with van der Waals surface area (Å²) < 4.78 is 1.86. The van der Waals surface area contributed by atoms with Crippen LogP contribution in [0.25, 0.3) is 22.3 Å². The molecule has 0 radical (unpaired) electrons. The van der Waals surface area contributed by atoms with E-state index in [2.05, 4.69) is 15.0 Å². The van der Waals surface area contributed by atoms with Crippen LogP contribution in [-0.4, -0.2) is 19.5 Å². The largest absolute Gasteiger partial charge is 0.326 e. The lowest BCUT2D eigenvalue weighted by Crippen LogP contribution is -2.14. The highest BCUT2D eigenvalue weighted by atomic mass is 16.1. The fraction of sp³-hybridized carbons (Fsp3) is 0.214. The standard InChI is InChI=1S/C14H12N4O/c19-14-17-12-7-9(11-5-6-15-8-16-11)1-4-13(12)18(14)10-2-3-10/h1,4-8,10H,2-3H2,(H,17,19). The maximum Gasteiger partial charge on any atom is 0.326 e. The van der Waals surface area contributed by atoms with Crippen molar-refractivity contribution in [1.29, 1.82) is 0 Å². The normalized spacial score (nSPS) is 14.9. The van der Waals surface area contributed by atoms with Gasteiger partial charge < -0.3 is 4.98 Å². The maximum absolute atomic E-state index is 11.9. The minimum atomic E-state index is -0.0164. The number of rotatable bonds is 2. The van der Waals surface area contributed by atoms with Crippen LogP contribution in [0.5, 0.6) is 0 Å². The Bertz CT molecular complexity index is 799. The van der Waals surface area contributed by atoms with Gasteiger partial charge in [-0.1, -0.05) is 6.07 Å². The summed E-state index contributed by atoms with van der Waals surface area (Å²) in [5, 5.41) is 0. The summed E-state index contributed by atoms with van der Waals surface area (Å²) in [6.45, 7) is 0. The van der Waals surface area contributed by atoms with Gasteiger partial charge in [-0.2, -0.15) is 0 Å². The van der Waals surface area contributed by atoms with Crippen LogP contribution in [0.15, 0.2) is 41.6 Å². The van der Waals surface area contributed by atoms with Crippen molar-refractivity contribution < 1.29 is 0 Å². The molecule has 1 aromatic carbocycles. The number of aromatic nitrogens is 4. The average Bonchev–Trinajstić information content (AvgIpc) is 3.21. The molecule has 19 heavy (non-hydrogen) atoms. The van der Waals surface area contributed by atoms with Crippen LogP contribution in [0.4, 0.5) is 0 Å². The van der Waals surface area contributed by atoms with Gasteiger partial charge in [0.05, 0.1) is 16.7 Å². The molecule has 5 nitrogen and oxygen atoms in total. The first-order valence-electron chi connectivity index (χ1n) is 6.33. The molecule has 94 valence electrons. The Labute approximate surface area is 108 Å². The summed E-state index contributed by atoms with van der Waals surface area (Å²) >= 11 is 0. The summed E-state index contributed by atoms with van der Waals surface area (Å²) in [4.78, 5) is 23.0. The molecule has 0 bridgehead atoms. The monoisotopic (exact) mass is 252 g/mol. The lowest BCUT2D eigenvalue weighted by atomic mass is 10.1. The fourth-order valence-corrected chi connectivity index (χ4v) is 2.45. The molecule has 1 N–H and O–H groups in total. The van der Waals surface area contributed by atoms with Crippen molar-refractivity contribution in [2.75, 3.05) is 0 Å². The molecule has 0 amide bonds. The zero-order valence-corrected chi connectivity index (χ0v) is 10.2. The predicted octanol–water partition coefficient (Wildman–Crippen LogP) is 2.12. The zero-order valence-electron chi connectivity index (χ0n) is 10.2. The second-order valence-electron chi connectivity index (χ2n) is 4.86. The molecular weight excluding hydrogens is 240 g/mol. The van der Waals surface area contributed by atoms with Crippen LogP contribution in [0.3, 0.4) is 0 Å². The van der Waals surface area contributed by atoms with Crippen molar-refractivity contribution in [2.45, 2.75) is 18.9 Å². The summed E-state index contributed by atoms with van der Waals surface area (Å²) in [6, 6.07) is 8.20.